The summed E-state index contributed by atoms with van der Waals surface area (Å²) in [6, 6.07) is 5.24. The van der Waals surface area contributed by atoms with Crippen LogP contribution in [0.5, 0.6) is 0 Å². The lowest BCUT2D eigenvalue weighted by molar-refractivity contribution is -0.181. The number of nitrogens with zero attached hydrogens (tertiary/aromatic N) is 4. The summed E-state index contributed by atoms with van der Waals surface area (Å²) in [5.41, 5.74) is 8.35. The predicted molar refractivity (Wildman–Crippen MR) is 270 cm³/mol. The van der Waals surface area contributed by atoms with Gasteiger partial charge in [0.1, 0.15) is 19.0 Å². The summed E-state index contributed by atoms with van der Waals surface area (Å²) < 4.78 is 59.8. The molecule has 1 fully saturated rings. The van der Waals surface area contributed by atoms with Crippen LogP contribution in [0.2, 0.25) is 0 Å². The number of ether oxygens (including phenoxy) is 11. The molecule has 0 unspecified atom stereocenters. The number of carbonyl (C=O) groups is 6. The topological polar surface area (TPSA) is 285 Å². The Hall–Kier alpha value is -5.45. The minimum Gasteiger partial charge on any atom is -0.447 e. The van der Waals surface area contributed by atoms with E-state index < -0.39 is 23.8 Å². The number of alkyl carbamates (subject to hydrolysis) is 1. The third kappa shape index (κ3) is 26.7. The van der Waals surface area contributed by atoms with Gasteiger partial charge < -0.3 is 73.4 Å². The smallest absolute Gasteiger partial charge is 0.407 e. The monoisotopic (exact) mass is 1060 g/mol. The number of aliphatic imine (C=N–C) groups is 1. The van der Waals surface area contributed by atoms with Crippen molar-refractivity contribution >= 4 is 53.2 Å². The first-order chi connectivity index (χ1) is 36.7. The summed E-state index contributed by atoms with van der Waals surface area (Å²) in [4.78, 5) is 86.3. The molecule has 0 aromatic heterocycles. The van der Waals surface area contributed by atoms with Crippen molar-refractivity contribution in [3.63, 3.8) is 0 Å². The maximum absolute atomic E-state index is 13.5. The van der Waals surface area contributed by atoms with Crippen LogP contribution in [-0.4, -0.2) is 241 Å². The van der Waals surface area contributed by atoms with Gasteiger partial charge in [-0.1, -0.05) is 13.0 Å². The molecular weight excluding hydrogens is 987 g/mol. The highest BCUT2D eigenvalue weighted by Crippen LogP contribution is 2.29. The van der Waals surface area contributed by atoms with E-state index in [4.69, 9.17) is 62.7 Å². The van der Waals surface area contributed by atoms with Gasteiger partial charge in [-0.2, -0.15) is 0 Å². The highest BCUT2D eigenvalue weighted by Gasteiger charge is 2.26. The van der Waals surface area contributed by atoms with Crippen LogP contribution in [0.3, 0.4) is 0 Å². The van der Waals surface area contributed by atoms with Crippen molar-refractivity contribution in [2.45, 2.75) is 32.6 Å². The molecule has 3 aliphatic rings. The first kappa shape index (κ1) is 62.1. The SMILES string of the molecule is CCCN(OCCNC(=O)OCCOCCOCCOCCOCCOCCOCCOCCOCCOCCOCCNC(=O)CN1C(=O)C=CC1=O)C(=O)C1=Cc2ccc(C(=O)N3CCCC3)cc2N=C(N)C1. The molecule has 0 spiro atoms. The molecule has 4 N–H and O–H groups in total. The van der Waals surface area contributed by atoms with Gasteiger partial charge in [0, 0.05) is 68.0 Å². The number of nitrogens with one attached hydrogen (secondary N) is 2. The van der Waals surface area contributed by atoms with Crippen molar-refractivity contribution in [2.75, 3.05) is 185 Å². The highest BCUT2D eigenvalue weighted by molar-refractivity contribution is 6.14. The van der Waals surface area contributed by atoms with Gasteiger partial charge in [-0.15, -0.1) is 0 Å². The standard InChI is InChI=1S/C50H77N7O18/c1-2-11-57(49(62)42-36-40-5-6-41(37-43(40)54-44(51)38-42)48(61)55-12-3-4-13-55)75-15-10-53-50(63)74-35-34-73-33-32-72-31-30-71-29-28-70-27-26-69-25-24-68-23-22-67-21-20-66-19-18-65-17-16-64-14-9-52-45(58)39-56-46(59)7-8-47(56)60/h5-8,36-37H,2-4,9-35,38-39H2,1H3,(H2,51,54)(H,52,58)(H,53,63). The number of imide groups is 1. The van der Waals surface area contributed by atoms with E-state index >= 15 is 0 Å². The predicted octanol–water partition coefficient (Wildman–Crippen LogP) is 0.802. The number of carbonyl (C=O) groups excluding carboxylic acids is 6. The van der Waals surface area contributed by atoms with E-state index in [0.717, 1.165) is 43.0 Å². The van der Waals surface area contributed by atoms with E-state index in [2.05, 4.69) is 15.6 Å². The molecule has 3 heterocycles. The lowest BCUT2D eigenvalue weighted by Crippen LogP contribution is -2.41. The number of hydroxylamine groups is 2. The number of benzene rings is 1. The largest absolute Gasteiger partial charge is 0.447 e. The van der Waals surface area contributed by atoms with Gasteiger partial charge in [-0.05, 0) is 37.5 Å². The number of amides is 6. The minimum atomic E-state index is -0.643. The zero-order valence-electron chi connectivity index (χ0n) is 43.3. The lowest BCUT2D eigenvalue weighted by atomic mass is 10.0. The van der Waals surface area contributed by atoms with E-state index in [1.807, 2.05) is 11.8 Å². The van der Waals surface area contributed by atoms with E-state index in [9.17, 15) is 28.8 Å². The van der Waals surface area contributed by atoms with Crippen LogP contribution in [0.1, 0.15) is 48.5 Å². The van der Waals surface area contributed by atoms with Gasteiger partial charge in [0.05, 0.1) is 144 Å². The Morgan fingerprint density at radius 3 is 1.59 bits per heavy atom. The Kier molecular flexibility index (Phi) is 32.3. The third-order valence-corrected chi connectivity index (χ3v) is 10.8. The van der Waals surface area contributed by atoms with Gasteiger partial charge in [0.25, 0.3) is 23.6 Å². The average Bonchev–Trinajstić information content (AvgIpc) is 4.02. The fraction of sp³-hybridized carbons (Fsp3) is 0.660. The van der Waals surface area contributed by atoms with E-state index in [0.29, 0.717) is 154 Å². The molecule has 75 heavy (non-hydrogen) atoms. The van der Waals surface area contributed by atoms with Crippen molar-refractivity contribution < 1.29 is 85.7 Å². The molecule has 1 aromatic carbocycles. The minimum absolute atomic E-state index is 0.0275. The Labute approximate surface area is 438 Å². The Bertz CT molecular complexity index is 1950. The van der Waals surface area contributed by atoms with E-state index in [1.165, 1.54) is 5.06 Å². The summed E-state index contributed by atoms with van der Waals surface area (Å²) in [5, 5.41) is 6.44. The molecule has 0 aliphatic carbocycles. The van der Waals surface area contributed by atoms with Gasteiger partial charge in [0.2, 0.25) is 5.91 Å². The molecule has 4 rings (SSSR count). The first-order valence-corrected chi connectivity index (χ1v) is 25.6. The Morgan fingerprint density at radius 2 is 1.09 bits per heavy atom. The Balaban J connectivity index is 0.829. The molecule has 0 radical (unpaired) electrons. The van der Waals surface area contributed by atoms with Crippen LogP contribution >= 0.6 is 0 Å². The molecule has 25 nitrogen and oxygen atoms in total. The van der Waals surface area contributed by atoms with Crippen molar-refractivity contribution in [2.24, 2.45) is 10.7 Å². The maximum atomic E-state index is 13.5. The Morgan fingerprint density at radius 1 is 0.627 bits per heavy atom. The summed E-state index contributed by atoms with van der Waals surface area (Å²) in [6.45, 7) is 11.6. The maximum Gasteiger partial charge on any atom is 0.407 e. The van der Waals surface area contributed by atoms with Crippen molar-refractivity contribution in [1.29, 1.82) is 0 Å². The summed E-state index contributed by atoms with van der Waals surface area (Å²) in [7, 11) is 0. The number of amidine groups is 1. The second-order valence-electron chi connectivity index (χ2n) is 16.6. The number of nitrogens with two attached hydrogens (primary N) is 1. The molecule has 0 bridgehead atoms. The fourth-order valence-corrected chi connectivity index (χ4v) is 7.04. The summed E-state index contributed by atoms with van der Waals surface area (Å²) in [5.74, 6) is -1.60. The van der Waals surface area contributed by atoms with Crippen molar-refractivity contribution in [3.05, 3.63) is 47.1 Å². The van der Waals surface area contributed by atoms with Crippen LogP contribution in [0.4, 0.5) is 10.5 Å². The van der Waals surface area contributed by atoms with Crippen LogP contribution in [0.15, 0.2) is 40.9 Å². The summed E-state index contributed by atoms with van der Waals surface area (Å²) >= 11 is 0. The molecule has 1 aromatic rings. The molecular formula is C50H77N7O18. The number of fused-ring (bicyclic) bond motifs is 1. The normalized spacial score (nSPS) is 14.2. The van der Waals surface area contributed by atoms with Crippen LogP contribution in [0.25, 0.3) is 6.08 Å². The zero-order valence-corrected chi connectivity index (χ0v) is 43.3. The second kappa shape index (κ2) is 39.0. The number of hydrogen-bond donors (Lipinski definition) is 3. The van der Waals surface area contributed by atoms with Crippen molar-refractivity contribution in [1.82, 2.24) is 25.5 Å². The number of hydrogen-bond acceptors (Lipinski definition) is 20. The zero-order chi connectivity index (χ0) is 53.6. The van der Waals surface area contributed by atoms with Crippen molar-refractivity contribution in [3.8, 4) is 0 Å². The summed E-state index contributed by atoms with van der Waals surface area (Å²) in [6.07, 6.45) is 6.08. The molecule has 25 heteroatoms. The molecule has 3 aliphatic heterocycles. The lowest BCUT2D eigenvalue weighted by Gasteiger charge is -2.22. The van der Waals surface area contributed by atoms with Crippen LogP contribution < -0.4 is 16.4 Å². The molecule has 420 valence electrons. The molecule has 1 saturated heterocycles. The third-order valence-electron chi connectivity index (χ3n) is 10.8. The second-order valence-corrected chi connectivity index (χ2v) is 16.6. The van der Waals surface area contributed by atoms with Crippen LogP contribution in [-0.2, 0) is 76.1 Å². The van der Waals surface area contributed by atoms with Crippen LogP contribution in [0, 0.1) is 0 Å². The van der Waals surface area contributed by atoms with Gasteiger partial charge in [0.15, 0.2) is 0 Å². The fourth-order valence-electron chi connectivity index (χ4n) is 7.04. The van der Waals surface area contributed by atoms with E-state index in [1.54, 1.807) is 24.3 Å². The number of rotatable bonds is 43. The molecule has 0 saturated carbocycles. The number of likely N-dealkylation sites (tertiary alicyclic amines) is 1. The molecule has 0 atom stereocenters. The molecule has 6 amide bonds. The van der Waals surface area contributed by atoms with Gasteiger partial charge in [-0.25, -0.2) is 14.9 Å². The highest BCUT2D eigenvalue weighted by atomic mass is 16.7. The van der Waals surface area contributed by atoms with E-state index in [-0.39, 0.29) is 70.1 Å². The van der Waals surface area contributed by atoms with Gasteiger partial charge in [-0.3, -0.25) is 33.7 Å². The quantitative estimate of drug-likeness (QED) is 0.0463. The first-order valence-electron chi connectivity index (χ1n) is 25.6. The van der Waals surface area contributed by atoms with Gasteiger partial charge >= 0.3 is 6.09 Å². The average molecular weight is 1060 g/mol.